The van der Waals surface area contributed by atoms with Crippen molar-refractivity contribution < 1.29 is 33.4 Å². The fraction of sp³-hybridized carbons (Fsp3) is 0.667. The van der Waals surface area contributed by atoms with Gasteiger partial charge < -0.3 is 29.3 Å². The van der Waals surface area contributed by atoms with Crippen LogP contribution in [0.1, 0.15) is 67.9 Å². The lowest BCUT2D eigenvalue weighted by atomic mass is 9.89. The number of ether oxygens (including phenoxy) is 3. The van der Waals surface area contributed by atoms with E-state index in [0.717, 1.165) is 44.5 Å². The third kappa shape index (κ3) is 9.24. The molecule has 3 heterocycles. The first-order chi connectivity index (χ1) is 19.6. The van der Waals surface area contributed by atoms with Gasteiger partial charge in [-0.2, -0.15) is 0 Å². The maximum Gasteiger partial charge on any atom is 0.407 e. The van der Waals surface area contributed by atoms with Gasteiger partial charge in [0.1, 0.15) is 11.6 Å². The van der Waals surface area contributed by atoms with Crippen LogP contribution >= 0.6 is 0 Å². The molecule has 2 N–H and O–H groups in total. The Balaban J connectivity index is 1.07. The molecule has 0 aromatic heterocycles. The van der Waals surface area contributed by atoms with Gasteiger partial charge in [0.25, 0.3) is 5.91 Å². The standard InChI is InChI=1S/C30H44N4O7/c1-30(2,3)41-29(38)31-10-14-39-16-17-40-15-13-33-11-8-21(9-12-33)18-22-4-5-24-23(19-22)20-34(28(24)37)25-6-7-26(35)32-27(25)36/h4-5,19,21,25H,6-18,20H2,1-3H3,(H,31,38)(H,32,35,36). The van der Waals surface area contributed by atoms with E-state index < -0.39 is 17.7 Å². The van der Waals surface area contributed by atoms with Gasteiger partial charge in [0.2, 0.25) is 11.8 Å². The minimum atomic E-state index is -0.579. The van der Waals surface area contributed by atoms with Gasteiger partial charge in [0, 0.05) is 31.6 Å². The van der Waals surface area contributed by atoms with Gasteiger partial charge in [-0.05, 0) is 82.7 Å². The molecule has 1 aromatic carbocycles. The second-order valence-electron chi connectivity index (χ2n) is 12.0. The van der Waals surface area contributed by atoms with Gasteiger partial charge in [0.05, 0.1) is 26.4 Å². The van der Waals surface area contributed by atoms with E-state index >= 15 is 0 Å². The zero-order valence-electron chi connectivity index (χ0n) is 24.5. The Bertz CT molecular complexity index is 1090. The highest BCUT2D eigenvalue weighted by molar-refractivity contribution is 6.05. The van der Waals surface area contributed by atoms with Crippen LogP contribution in [0.5, 0.6) is 0 Å². The van der Waals surface area contributed by atoms with Crippen molar-refractivity contribution in [3.05, 3.63) is 34.9 Å². The molecule has 3 aliphatic rings. The molecule has 11 heteroatoms. The lowest BCUT2D eigenvalue weighted by molar-refractivity contribution is -0.136. The van der Waals surface area contributed by atoms with E-state index in [2.05, 4.69) is 21.6 Å². The number of piperidine rings is 2. The molecule has 4 rings (SSSR count). The number of nitrogens with zero attached hydrogens (tertiary/aromatic N) is 2. The van der Waals surface area contributed by atoms with Gasteiger partial charge in [0.15, 0.2) is 0 Å². The minimum absolute atomic E-state index is 0.127. The van der Waals surface area contributed by atoms with Crippen LogP contribution in [0.2, 0.25) is 0 Å². The van der Waals surface area contributed by atoms with E-state index in [9.17, 15) is 19.2 Å². The number of rotatable bonds is 12. The van der Waals surface area contributed by atoms with Crippen molar-refractivity contribution in [3.63, 3.8) is 0 Å². The number of hydrogen-bond acceptors (Lipinski definition) is 8. The number of fused-ring (bicyclic) bond motifs is 1. The van der Waals surface area contributed by atoms with Crippen molar-refractivity contribution in [3.8, 4) is 0 Å². The quantitative estimate of drug-likeness (QED) is 0.289. The van der Waals surface area contributed by atoms with E-state index in [1.165, 1.54) is 5.56 Å². The van der Waals surface area contributed by atoms with Crippen molar-refractivity contribution >= 4 is 23.8 Å². The average molecular weight is 573 g/mol. The molecule has 226 valence electrons. The van der Waals surface area contributed by atoms with Crippen LogP contribution in [0, 0.1) is 5.92 Å². The highest BCUT2D eigenvalue weighted by Gasteiger charge is 2.39. The lowest BCUT2D eigenvalue weighted by Crippen LogP contribution is -2.52. The largest absolute Gasteiger partial charge is 0.444 e. The predicted octanol–water partition coefficient (Wildman–Crippen LogP) is 2.26. The van der Waals surface area contributed by atoms with Gasteiger partial charge in [-0.1, -0.05) is 12.1 Å². The molecule has 11 nitrogen and oxygen atoms in total. The molecule has 0 bridgehead atoms. The number of carbonyl (C=O) groups is 4. The van der Waals surface area contributed by atoms with Crippen LogP contribution < -0.4 is 10.6 Å². The van der Waals surface area contributed by atoms with E-state index in [-0.39, 0.29) is 24.1 Å². The lowest BCUT2D eigenvalue weighted by Gasteiger charge is -2.32. The van der Waals surface area contributed by atoms with Crippen LogP contribution in [0.3, 0.4) is 0 Å². The Morgan fingerprint density at radius 2 is 1.76 bits per heavy atom. The summed E-state index contributed by atoms with van der Waals surface area (Å²) in [5, 5.41) is 5.02. The van der Waals surface area contributed by atoms with Gasteiger partial charge in [-0.3, -0.25) is 19.7 Å². The van der Waals surface area contributed by atoms with Crippen LogP contribution in [-0.2, 0) is 36.8 Å². The van der Waals surface area contributed by atoms with E-state index in [1.54, 1.807) is 4.90 Å². The van der Waals surface area contributed by atoms with Crippen molar-refractivity contribution in [2.24, 2.45) is 5.92 Å². The third-order valence-electron chi connectivity index (χ3n) is 7.66. The summed E-state index contributed by atoms with van der Waals surface area (Å²) in [5.41, 5.74) is 2.35. The molecule has 0 radical (unpaired) electrons. The highest BCUT2D eigenvalue weighted by Crippen LogP contribution is 2.30. The van der Waals surface area contributed by atoms with Crippen molar-refractivity contribution in [2.45, 2.75) is 71.1 Å². The van der Waals surface area contributed by atoms with Crippen LogP contribution in [-0.4, -0.2) is 97.9 Å². The highest BCUT2D eigenvalue weighted by atomic mass is 16.6. The molecule has 3 aliphatic heterocycles. The maximum atomic E-state index is 12.9. The van der Waals surface area contributed by atoms with Crippen molar-refractivity contribution in [1.82, 2.24) is 20.4 Å². The zero-order valence-corrected chi connectivity index (χ0v) is 24.5. The van der Waals surface area contributed by atoms with Gasteiger partial charge in [-0.25, -0.2) is 4.79 Å². The first-order valence-electron chi connectivity index (χ1n) is 14.7. The summed E-state index contributed by atoms with van der Waals surface area (Å²) >= 11 is 0. The SMILES string of the molecule is CC(C)(C)OC(=O)NCCOCCOCCN1CCC(Cc2ccc3c(c2)CN(C2CCC(=O)NC2=O)C3=O)CC1. The molecule has 2 fully saturated rings. The molecular weight excluding hydrogens is 528 g/mol. The zero-order chi connectivity index (χ0) is 29.4. The molecule has 0 spiro atoms. The molecule has 41 heavy (non-hydrogen) atoms. The predicted molar refractivity (Wildman–Crippen MR) is 151 cm³/mol. The van der Waals surface area contributed by atoms with Crippen LogP contribution in [0.25, 0.3) is 0 Å². The molecule has 1 atom stereocenters. The van der Waals surface area contributed by atoms with Gasteiger partial charge >= 0.3 is 6.09 Å². The Hall–Kier alpha value is -3.02. The minimum Gasteiger partial charge on any atom is -0.444 e. The van der Waals surface area contributed by atoms with Crippen molar-refractivity contribution in [2.75, 3.05) is 52.6 Å². The van der Waals surface area contributed by atoms with E-state index in [4.69, 9.17) is 14.2 Å². The third-order valence-corrected chi connectivity index (χ3v) is 7.66. The Morgan fingerprint density at radius 1 is 1.02 bits per heavy atom. The second kappa shape index (κ2) is 14.2. The molecular formula is C30H44N4O7. The number of benzene rings is 1. The molecule has 0 aliphatic carbocycles. The number of carbonyl (C=O) groups excluding carboxylic acids is 4. The Morgan fingerprint density at radius 3 is 2.46 bits per heavy atom. The fourth-order valence-corrected chi connectivity index (χ4v) is 5.56. The summed E-state index contributed by atoms with van der Waals surface area (Å²) in [6.07, 6.45) is 3.41. The van der Waals surface area contributed by atoms with E-state index in [1.807, 2.05) is 32.9 Å². The summed E-state index contributed by atoms with van der Waals surface area (Å²) in [6, 6.07) is 5.48. The molecule has 1 aromatic rings. The first kappa shape index (κ1) is 30.9. The van der Waals surface area contributed by atoms with Crippen LogP contribution in [0.4, 0.5) is 4.79 Å². The summed E-state index contributed by atoms with van der Waals surface area (Å²) in [4.78, 5) is 52.3. The summed E-state index contributed by atoms with van der Waals surface area (Å²) in [6.45, 7) is 11.3. The van der Waals surface area contributed by atoms with Gasteiger partial charge in [-0.15, -0.1) is 0 Å². The summed E-state index contributed by atoms with van der Waals surface area (Å²) < 4.78 is 16.4. The first-order valence-corrected chi connectivity index (χ1v) is 14.7. The Labute approximate surface area is 242 Å². The topological polar surface area (TPSA) is 127 Å². The normalized spacial score (nSPS) is 20.2. The maximum absolute atomic E-state index is 12.9. The summed E-state index contributed by atoms with van der Waals surface area (Å²) in [5.74, 6) is -0.184. The monoisotopic (exact) mass is 572 g/mol. The average Bonchev–Trinajstić information content (AvgIpc) is 3.23. The smallest absolute Gasteiger partial charge is 0.407 e. The summed E-state index contributed by atoms with van der Waals surface area (Å²) in [7, 11) is 0. The number of hydrogen-bond donors (Lipinski definition) is 2. The Kier molecular flexibility index (Phi) is 10.7. The van der Waals surface area contributed by atoms with E-state index in [0.29, 0.717) is 57.4 Å². The molecule has 4 amide bonds. The molecule has 2 saturated heterocycles. The fourth-order valence-electron chi connectivity index (χ4n) is 5.56. The molecule has 1 unspecified atom stereocenters. The molecule has 0 saturated carbocycles. The number of amides is 4. The van der Waals surface area contributed by atoms with Crippen molar-refractivity contribution in [1.29, 1.82) is 0 Å². The number of alkyl carbamates (subject to hydrolysis) is 1. The number of likely N-dealkylation sites (tertiary alicyclic amines) is 1. The van der Waals surface area contributed by atoms with Crippen LogP contribution in [0.15, 0.2) is 18.2 Å². The second-order valence-corrected chi connectivity index (χ2v) is 12.0. The number of imide groups is 1. The number of nitrogens with one attached hydrogen (secondary N) is 2.